The maximum absolute atomic E-state index is 6.27. The van der Waals surface area contributed by atoms with Crippen molar-refractivity contribution in [1.82, 2.24) is 0 Å². The molecule has 0 saturated heterocycles. The van der Waals surface area contributed by atoms with E-state index in [1.807, 2.05) is 0 Å². The topological polar surface area (TPSA) is 9.23 Å². The fourth-order valence-corrected chi connectivity index (χ4v) is 5.69. The van der Waals surface area contributed by atoms with Crippen LogP contribution in [0.5, 0.6) is 0 Å². The lowest BCUT2D eigenvalue weighted by atomic mass is 9.81. The molecule has 0 atom stereocenters. The zero-order chi connectivity index (χ0) is 21.0. The fraction of sp³-hybridized carbons (Fsp3) is 0.793. The van der Waals surface area contributed by atoms with Gasteiger partial charge in [0.25, 0.3) is 0 Å². The highest BCUT2D eigenvalue weighted by Crippen LogP contribution is 2.35. The van der Waals surface area contributed by atoms with Crippen molar-refractivity contribution in [2.24, 2.45) is 11.8 Å². The highest BCUT2D eigenvalue weighted by atomic mass is 16.5. The summed E-state index contributed by atoms with van der Waals surface area (Å²) in [6.45, 7) is 5.70. The van der Waals surface area contributed by atoms with Gasteiger partial charge in [-0.05, 0) is 80.2 Å². The highest BCUT2D eigenvalue weighted by Gasteiger charge is 2.23. The summed E-state index contributed by atoms with van der Waals surface area (Å²) in [6, 6.07) is 9.62. The first-order valence-electron chi connectivity index (χ1n) is 13.4. The molecule has 0 unspecified atom stereocenters. The zero-order valence-electron chi connectivity index (χ0n) is 20.0. The number of aryl methyl sites for hydroxylation is 1. The van der Waals surface area contributed by atoms with Gasteiger partial charge in [-0.3, -0.25) is 0 Å². The largest absolute Gasteiger partial charge is 0.378 e. The summed E-state index contributed by atoms with van der Waals surface area (Å²) in [7, 11) is 0. The Balaban J connectivity index is 1.26. The Hall–Kier alpha value is -0.820. The molecule has 3 rings (SSSR count). The number of benzene rings is 1. The zero-order valence-corrected chi connectivity index (χ0v) is 20.0. The van der Waals surface area contributed by atoms with Crippen molar-refractivity contribution in [3.05, 3.63) is 35.4 Å². The van der Waals surface area contributed by atoms with E-state index >= 15 is 0 Å². The minimum atomic E-state index is 0.523. The molecule has 1 aromatic carbocycles. The second-order valence-corrected chi connectivity index (χ2v) is 10.5. The van der Waals surface area contributed by atoms with Crippen molar-refractivity contribution in [3.8, 4) is 0 Å². The van der Waals surface area contributed by atoms with Crippen LogP contribution in [0.1, 0.15) is 127 Å². The van der Waals surface area contributed by atoms with Gasteiger partial charge in [0.2, 0.25) is 0 Å². The SMILES string of the molecule is CCCCCCCc1ccc([C@H]2CC[C@H](OCCC[C@H]3CC[C@H](C)CC3)CC2)cc1. The molecule has 0 heterocycles. The molecule has 1 aromatic rings. The van der Waals surface area contributed by atoms with Crippen LogP contribution in [0.15, 0.2) is 24.3 Å². The quantitative estimate of drug-likeness (QED) is 0.311. The first-order chi connectivity index (χ1) is 14.7. The van der Waals surface area contributed by atoms with Gasteiger partial charge in [-0.1, -0.05) is 89.5 Å². The van der Waals surface area contributed by atoms with Crippen LogP contribution in [0.3, 0.4) is 0 Å². The van der Waals surface area contributed by atoms with Gasteiger partial charge in [0, 0.05) is 6.61 Å². The molecule has 2 fully saturated rings. The molecule has 2 aliphatic rings. The summed E-state index contributed by atoms with van der Waals surface area (Å²) >= 11 is 0. The van der Waals surface area contributed by atoms with E-state index in [0.29, 0.717) is 6.10 Å². The molecular formula is C29H48O. The van der Waals surface area contributed by atoms with Crippen molar-refractivity contribution in [2.45, 2.75) is 129 Å². The lowest BCUT2D eigenvalue weighted by molar-refractivity contribution is 0.0205. The number of hydrogen-bond donors (Lipinski definition) is 0. The Morgan fingerprint density at radius 1 is 0.767 bits per heavy atom. The van der Waals surface area contributed by atoms with Crippen LogP contribution < -0.4 is 0 Å². The lowest BCUT2D eigenvalue weighted by Crippen LogP contribution is -2.21. The first kappa shape index (κ1) is 23.8. The van der Waals surface area contributed by atoms with Gasteiger partial charge in [-0.25, -0.2) is 0 Å². The number of ether oxygens (including phenoxy) is 1. The van der Waals surface area contributed by atoms with Crippen LogP contribution in [0, 0.1) is 11.8 Å². The minimum Gasteiger partial charge on any atom is -0.378 e. The van der Waals surface area contributed by atoms with E-state index in [9.17, 15) is 0 Å². The smallest absolute Gasteiger partial charge is 0.0575 e. The van der Waals surface area contributed by atoms with Crippen LogP contribution in [-0.4, -0.2) is 12.7 Å². The standard InChI is InChI=1S/C29H48O/c1-3-4-5-6-7-9-25-15-17-27(18-16-25)28-19-21-29(22-20-28)30-23-8-10-26-13-11-24(2)12-14-26/h15-18,24,26,28-29H,3-14,19-23H2,1-2H3/t24-,26-,28-,29-. The van der Waals surface area contributed by atoms with Crippen LogP contribution in [-0.2, 0) is 11.2 Å². The number of rotatable bonds is 12. The van der Waals surface area contributed by atoms with E-state index in [-0.39, 0.29) is 0 Å². The third-order valence-electron chi connectivity index (χ3n) is 7.94. The molecule has 2 aliphatic carbocycles. The van der Waals surface area contributed by atoms with E-state index < -0.39 is 0 Å². The normalized spacial score (nSPS) is 27.3. The summed E-state index contributed by atoms with van der Waals surface area (Å²) in [5.74, 6) is 2.71. The van der Waals surface area contributed by atoms with Crippen molar-refractivity contribution in [2.75, 3.05) is 6.61 Å². The number of unbranched alkanes of at least 4 members (excludes halogenated alkanes) is 4. The Morgan fingerprint density at radius 2 is 1.47 bits per heavy atom. The van der Waals surface area contributed by atoms with Crippen molar-refractivity contribution in [3.63, 3.8) is 0 Å². The third-order valence-corrected chi connectivity index (χ3v) is 7.94. The average Bonchev–Trinajstić information content (AvgIpc) is 2.79. The maximum Gasteiger partial charge on any atom is 0.0575 e. The summed E-state index contributed by atoms with van der Waals surface area (Å²) < 4.78 is 6.27. The van der Waals surface area contributed by atoms with Crippen LogP contribution in [0.4, 0.5) is 0 Å². The van der Waals surface area contributed by atoms with E-state index in [1.165, 1.54) is 108 Å². The maximum atomic E-state index is 6.27. The van der Waals surface area contributed by atoms with Crippen LogP contribution >= 0.6 is 0 Å². The van der Waals surface area contributed by atoms with Crippen molar-refractivity contribution < 1.29 is 4.74 Å². The van der Waals surface area contributed by atoms with Gasteiger partial charge < -0.3 is 4.74 Å². The van der Waals surface area contributed by atoms with E-state index in [0.717, 1.165) is 24.4 Å². The van der Waals surface area contributed by atoms with E-state index in [4.69, 9.17) is 4.74 Å². The fourth-order valence-electron chi connectivity index (χ4n) is 5.69. The molecule has 0 radical (unpaired) electrons. The molecule has 170 valence electrons. The highest BCUT2D eigenvalue weighted by molar-refractivity contribution is 5.26. The van der Waals surface area contributed by atoms with Gasteiger partial charge in [-0.2, -0.15) is 0 Å². The van der Waals surface area contributed by atoms with Crippen LogP contribution in [0.25, 0.3) is 0 Å². The summed E-state index contributed by atoms with van der Waals surface area (Å²) in [5.41, 5.74) is 3.09. The molecule has 0 spiro atoms. The third kappa shape index (κ3) is 8.37. The van der Waals surface area contributed by atoms with Gasteiger partial charge in [-0.15, -0.1) is 0 Å². The van der Waals surface area contributed by atoms with Crippen LogP contribution in [0.2, 0.25) is 0 Å². The molecule has 0 bridgehead atoms. The summed E-state index contributed by atoms with van der Waals surface area (Å²) in [5, 5.41) is 0. The molecule has 1 heteroatoms. The number of hydrogen-bond acceptors (Lipinski definition) is 1. The minimum absolute atomic E-state index is 0.523. The lowest BCUT2D eigenvalue weighted by Gasteiger charge is -2.29. The molecule has 0 amide bonds. The Bertz CT molecular complexity index is 546. The average molecular weight is 413 g/mol. The Labute approximate surface area is 187 Å². The molecule has 2 saturated carbocycles. The monoisotopic (exact) mass is 412 g/mol. The van der Waals surface area contributed by atoms with Crippen molar-refractivity contribution >= 4 is 0 Å². The molecule has 0 N–H and O–H groups in total. The van der Waals surface area contributed by atoms with E-state index in [1.54, 1.807) is 5.56 Å². The first-order valence-corrected chi connectivity index (χ1v) is 13.4. The van der Waals surface area contributed by atoms with Gasteiger partial charge in [0.1, 0.15) is 0 Å². The second kappa shape index (κ2) is 13.6. The predicted molar refractivity (Wildman–Crippen MR) is 130 cm³/mol. The van der Waals surface area contributed by atoms with Gasteiger partial charge in [0.15, 0.2) is 0 Å². The summed E-state index contributed by atoms with van der Waals surface area (Å²) in [4.78, 5) is 0. The van der Waals surface area contributed by atoms with Crippen molar-refractivity contribution in [1.29, 1.82) is 0 Å². The molecule has 1 nitrogen and oxygen atoms in total. The predicted octanol–water partition coefficient (Wildman–Crippen LogP) is 8.85. The molecule has 30 heavy (non-hydrogen) atoms. The van der Waals surface area contributed by atoms with E-state index in [2.05, 4.69) is 38.1 Å². The Morgan fingerprint density at radius 3 is 2.17 bits per heavy atom. The molecular weight excluding hydrogens is 364 g/mol. The Kier molecular flexibility index (Phi) is 10.8. The molecule has 0 aromatic heterocycles. The van der Waals surface area contributed by atoms with Gasteiger partial charge in [0.05, 0.1) is 6.10 Å². The van der Waals surface area contributed by atoms with Gasteiger partial charge >= 0.3 is 0 Å². The summed E-state index contributed by atoms with van der Waals surface area (Å²) in [6.07, 6.45) is 22.3. The second-order valence-electron chi connectivity index (χ2n) is 10.5. The molecule has 0 aliphatic heterocycles.